The number of carbonyl (C=O) groups excluding carboxylic acids is 1. The summed E-state index contributed by atoms with van der Waals surface area (Å²) in [4.78, 5) is 12.6. The number of rotatable bonds is 4. The summed E-state index contributed by atoms with van der Waals surface area (Å²) in [6.07, 6.45) is 1.74. The first-order valence-electron chi connectivity index (χ1n) is 9.24. The molecular formula is C23H17ClO5. The molecule has 0 aliphatic carbocycles. The third-order valence-electron chi connectivity index (χ3n) is 5.02. The van der Waals surface area contributed by atoms with E-state index in [-0.39, 0.29) is 25.8 Å². The average molecular weight is 409 g/mol. The van der Waals surface area contributed by atoms with Crippen LogP contribution in [0.2, 0.25) is 5.02 Å². The van der Waals surface area contributed by atoms with E-state index in [1.165, 1.54) is 0 Å². The van der Waals surface area contributed by atoms with Crippen molar-refractivity contribution in [2.24, 2.45) is 0 Å². The van der Waals surface area contributed by atoms with E-state index in [4.69, 9.17) is 30.2 Å². The number of carbonyl (C=O) groups is 1. The van der Waals surface area contributed by atoms with E-state index in [9.17, 15) is 4.79 Å². The second-order valence-electron chi connectivity index (χ2n) is 6.92. The molecule has 4 aromatic rings. The lowest BCUT2D eigenvalue weighted by molar-refractivity contribution is -0.144. The van der Waals surface area contributed by atoms with Crippen LogP contribution < -0.4 is 4.74 Å². The fourth-order valence-electron chi connectivity index (χ4n) is 3.73. The fraction of sp³-hybridized carbons (Fsp3) is 0.174. The number of halogens is 1. The molecule has 6 heteroatoms. The molecule has 0 N–H and O–H groups in total. The minimum Gasteiger partial charge on any atom is -0.467 e. The zero-order valence-corrected chi connectivity index (χ0v) is 16.2. The molecule has 146 valence electrons. The third kappa shape index (κ3) is 3.43. The molecule has 0 atom stereocenters. The number of esters is 1. The maximum atomic E-state index is 12.6. The zero-order valence-electron chi connectivity index (χ0n) is 15.4. The van der Waals surface area contributed by atoms with E-state index in [1.807, 2.05) is 36.4 Å². The minimum absolute atomic E-state index is 0.0816. The molecule has 1 aliphatic heterocycles. The van der Waals surface area contributed by atoms with Gasteiger partial charge in [-0.05, 0) is 29.0 Å². The first kappa shape index (κ1) is 18.0. The van der Waals surface area contributed by atoms with E-state index in [0.29, 0.717) is 17.4 Å². The molecule has 29 heavy (non-hydrogen) atoms. The predicted molar refractivity (Wildman–Crippen MR) is 109 cm³/mol. The summed E-state index contributed by atoms with van der Waals surface area (Å²) in [5.41, 5.74) is 3.14. The molecular weight excluding hydrogens is 392 g/mol. The van der Waals surface area contributed by atoms with Crippen molar-refractivity contribution >= 4 is 39.3 Å². The van der Waals surface area contributed by atoms with Gasteiger partial charge in [-0.15, -0.1) is 0 Å². The number of hydrogen-bond acceptors (Lipinski definition) is 5. The second kappa shape index (κ2) is 7.43. The smallest absolute Gasteiger partial charge is 0.310 e. The SMILES string of the molecule is O=C(Cc1coc2ccc3ccccc3c12)OCc1cc(Cl)cc2c1OCOC2. The summed E-state index contributed by atoms with van der Waals surface area (Å²) in [6, 6.07) is 15.5. The number of hydrogen-bond donors (Lipinski definition) is 0. The van der Waals surface area contributed by atoms with Gasteiger partial charge in [-0.25, -0.2) is 0 Å². The lowest BCUT2D eigenvalue weighted by atomic mass is 10.0. The van der Waals surface area contributed by atoms with E-state index in [2.05, 4.69) is 0 Å². The van der Waals surface area contributed by atoms with Gasteiger partial charge in [0.1, 0.15) is 17.9 Å². The van der Waals surface area contributed by atoms with Crippen LogP contribution in [0, 0.1) is 0 Å². The van der Waals surface area contributed by atoms with Crippen molar-refractivity contribution in [2.75, 3.05) is 6.79 Å². The summed E-state index contributed by atoms with van der Waals surface area (Å²) in [7, 11) is 0. The van der Waals surface area contributed by atoms with Crippen molar-refractivity contribution in [3.63, 3.8) is 0 Å². The Balaban J connectivity index is 1.37. The Bertz CT molecular complexity index is 1230. The first-order valence-corrected chi connectivity index (χ1v) is 9.62. The van der Waals surface area contributed by atoms with Crippen LogP contribution in [0.3, 0.4) is 0 Å². The molecule has 5 rings (SSSR count). The molecule has 3 aromatic carbocycles. The van der Waals surface area contributed by atoms with Gasteiger partial charge in [0.15, 0.2) is 6.79 Å². The van der Waals surface area contributed by atoms with Crippen molar-refractivity contribution < 1.29 is 23.4 Å². The fourth-order valence-corrected chi connectivity index (χ4v) is 4.00. The highest BCUT2D eigenvalue weighted by Gasteiger charge is 2.19. The number of fused-ring (bicyclic) bond motifs is 4. The highest BCUT2D eigenvalue weighted by Crippen LogP contribution is 2.33. The highest BCUT2D eigenvalue weighted by atomic mass is 35.5. The molecule has 0 bridgehead atoms. The Hall–Kier alpha value is -3.02. The van der Waals surface area contributed by atoms with Crippen LogP contribution in [0.15, 0.2) is 59.2 Å². The van der Waals surface area contributed by atoms with E-state index in [0.717, 1.165) is 38.4 Å². The largest absolute Gasteiger partial charge is 0.467 e. The van der Waals surface area contributed by atoms with E-state index >= 15 is 0 Å². The van der Waals surface area contributed by atoms with E-state index < -0.39 is 0 Å². The van der Waals surface area contributed by atoms with Crippen molar-refractivity contribution in [3.8, 4) is 5.75 Å². The molecule has 0 unspecified atom stereocenters. The van der Waals surface area contributed by atoms with Crippen LogP contribution >= 0.6 is 11.6 Å². The minimum atomic E-state index is -0.346. The Labute approximate surface area is 171 Å². The molecule has 0 saturated carbocycles. The van der Waals surface area contributed by atoms with Gasteiger partial charge in [0.25, 0.3) is 0 Å². The van der Waals surface area contributed by atoms with Gasteiger partial charge in [-0.2, -0.15) is 0 Å². The van der Waals surface area contributed by atoms with Crippen LogP contribution in [0.4, 0.5) is 0 Å². The maximum absolute atomic E-state index is 12.6. The van der Waals surface area contributed by atoms with Crippen LogP contribution in [-0.4, -0.2) is 12.8 Å². The Morgan fingerprint density at radius 2 is 2.00 bits per heavy atom. The first-order chi connectivity index (χ1) is 14.2. The summed E-state index contributed by atoms with van der Waals surface area (Å²) in [5, 5.41) is 3.65. The van der Waals surface area contributed by atoms with Gasteiger partial charge in [0, 0.05) is 27.1 Å². The summed E-state index contributed by atoms with van der Waals surface area (Å²) < 4.78 is 22.0. The van der Waals surface area contributed by atoms with Crippen LogP contribution in [-0.2, 0) is 33.9 Å². The third-order valence-corrected chi connectivity index (χ3v) is 5.23. The second-order valence-corrected chi connectivity index (χ2v) is 7.36. The van der Waals surface area contributed by atoms with Crippen molar-refractivity contribution in [2.45, 2.75) is 19.6 Å². The summed E-state index contributed by atoms with van der Waals surface area (Å²) in [5.74, 6) is 0.328. The van der Waals surface area contributed by atoms with Gasteiger partial charge in [-0.3, -0.25) is 4.79 Å². The molecule has 0 fully saturated rings. The zero-order chi connectivity index (χ0) is 19.8. The maximum Gasteiger partial charge on any atom is 0.310 e. The Kier molecular flexibility index (Phi) is 4.62. The topological polar surface area (TPSA) is 57.9 Å². The lowest BCUT2D eigenvalue weighted by Crippen LogP contribution is -2.14. The highest BCUT2D eigenvalue weighted by molar-refractivity contribution is 6.30. The molecule has 0 saturated heterocycles. The van der Waals surface area contributed by atoms with Crippen LogP contribution in [0.25, 0.3) is 21.7 Å². The van der Waals surface area contributed by atoms with Gasteiger partial charge < -0.3 is 18.6 Å². The molecule has 1 aliphatic rings. The van der Waals surface area contributed by atoms with Crippen molar-refractivity contribution in [3.05, 3.63) is 76.5 Å². The van der Waals surface area contributed by atoms with E-state index in [1.54, 1.807) is 18.4 Å². The molecule has 0 radical (unpaired) electrons. The standard InChI is InChI=1S/C23H17ClO5/c24-18-7-16-10-26-13-29-23(16)17(8-18)12-28-21(25)9-15-11-27-20-6-5-14-3-1-2-4-19(14)22(15)20/h1-8,11H,9-10,12-13H2. The normalized spacial score (nSPS) is 13.3. The lowest BCUT2D eigenvalue weighted by Gasteiger charge is -2.21. The van der Waals surface area contributed by atoms with Crippen molar-refractivity contribution in [1.29, 1.82) is 0 Å². The number of ether oxygens (including phenoxy) is 3. The van der Waals surface area contributed by atoms with Crippen LogP contribution in [0.1, 0.15) is 16.7 Å². The van der Waals surface area contributed by atoms with Crippen molar-refractivity contribution in [1.82, 2.24) is 0 Å². The molecule has 0 amide bonds. The van der Waals surface area contributed by atoms with Gasteiger partial charge >= 0.3 is 5.97 Å². The quantitative estimate of drug-likeness (QED) is 0.423. The Morgan fingerprint density at radius 3 is 2.93 bits per heavy atom. The monoisotopic (exact) mass is 408 g/mol. The molecule has 2 heterocycles. The van der Waals surface area contributed by atoms with Gasteiger partial charge in [0.2, 0.25) is 0 Å². The molecule has 0 spiro atoms. The predicted octanol–water partition coefficient (Wildman–Crippen LogP) is 5.39. The molecule has 1 aromatic heterocycles. The Morgan fingerprint density at radius 1 is 1.10 bits per heavy atom. The summed E-state index contributed by atoms with van der Waals surface area (Å²) in [6.45, 7) is 0.673. The van der Waals surface area contributed by atoms with Crippen LogP contribution in [0.5, 0.6) is 5.75 Å². The molecule has 5 nitrogen and oxygen atoms in total. The van der Waals surface area contributed by atoms with Gasteiger partial charge in [-0.1, -0.05) is 41.9 Å². The average Bonchev–Trinajstić information content (AvgIpc) is 3.15. The van der Waals surface area contributed by atoms with Gasteiger partial charge in [0.05, 0.1) is 19.3 Å². The number of furan rings is 1. The summed E-state index contributed by atoms with van der Waals surface area (Å²) >= 11 is 6.17. The number of benzene rings is 3.